The molecular weight excluding hydrogens is 517 g/mol. The molecule has 1 fully saturated rings. The van der Waals surface area contributed by atoms with Gasteiger partial charge in [-0.1, -0.05) is 30.3 Å². The smallest absolute Gasteiger partial charge is 0.242 e. The Kier molecular flexibility index (Phi) is 10.6. The molecule has 0 atom stereocenters. The highest BCUT2D eigenvalue weighted by Crippen LogP contribution is 2.20. The summed E-state index contributed by atoms with van der Waals surface area (Å²) in [6.07, 6.45) is 0. The fourth-order valence-corrected chi connectivity index (χ4v) is 3.62. The van der Waals surface area contributed by atoms with Crippen LogP contribution in [0, 0.1) is 6.92 Å². The second-order valence-electron chi connectivity index (χ2n) is 7.53. The molecule has 8 heteroatoms. The van der Waals surface area contributed by atoms with Gasteiger partial charge in [0.25, 0.3) is 0 Å². The second-order valence-corrected chi connectivity index (χ2v) is 7.53. The number of ether oxygens (including phenoxy) is 1. The quantitative estimate of drug-likeness (QED) is 0.315. The highest BCUT2D eigenvalue weighted by Gasteiger charge is 2.21. The molecule has 0 aromatic heterocycles. The van der Waals surface area contributed by atoms with Crippen molar-refractivity contribution in [3.63, 3.8) is 0 Å². The number of carbonyl (C=O) groups is 1. The number of para-hydroxylation sites is 1. The van der Waals surface area contributed by atoms with Gasteiger partial charge in [-0.05, 0) is 37.6 Å². The maximum absolute atomic E-state index is 12.7. The third-order valence-electron chi connectivity index (χ3n) is 5.35. The first kappa shape index (κ1) is 25.8. The van der Waals surface area contributed by atoms with Gasteiger partial charge >= 0.3 is 0 Å². The van der Waals surface area contributed by atoms with Crippen LogP contribution in [0.15, 0.2) is 53.5 Å². The molecule has 0 unspecified atom stereocenters. The van der Waals surface area contributed by atoms with Gasteiger partial charge in [-0.25, -0.2) is 0 Å². The van der Waals surface area contributed by atoms with E-state index in [1.54, 1.807) is 7.05 Å². The number of amides is 1. The maximum Gasteiger partial charge on any atom is 0.242 e. The second kappa shape index (κ2) is 13.1. The molecule has 7 nitrogen and oxygen atoms in total. The first-order valence-corrected chi connectivity index (χ1v) is 10.8. The van der Waals surface area contributed by atoms with Crippen LogP contribution in [0.3, 0.4) is 0 Å². The Morgan fingerprint density at radius 3 is 2.44 bits per heavy atom. The van der Waals surface area contributed by atoms with E-state index in [2.05, 4.69) is 44.8 Å². The number of benzene rings is 2. The lowest BCUT2D eigenvalue weighted by Crippen LogP contribution is -2.52. The number of rotatable bonds is 7. The highest BCUT2D eigenvalue weighted by atomic mass is 127. The monoisotopic (exact) mass is 551 g/mol. The summed E-state index contributed by atoms with van der Waals surface area (Å²) in [7, 11) is 1.71. The molecule has 0 aliphatic carbocycles. The van der Waals surface area contributed by atoms with E-state index in [-0.39, 0.29) is 36.4 Å². The Hall–Kier alpha value is -2.49. The minimum Gasteiger partial charge on any atom is -0.494 e. The first-order valence-electron chi connectivity index (χ1n) is 10.8. The predicted octanol–water partition coefficient (Wildman–Crippen LogP) is 3.03. The van der Waals surface area contributed by atoms with Crippen molar-refractivity contribution >= 4 is 41.5 Å². The molecule has 0 radical (unpaired) electrons. The molecule has 1 amide bonds. The van der Waals surface area contributed by atoms with E-state index in [1.807, 2.05) is 43.0 Å². The summed E-state index contributed by atoms with van der Waals surface area (Å²) in [5.41, 5.74) is 3.42. The number of halogens is 1. The van der Waals surface area contributed by atoms with Crippen molar-refractivity contribution in [3.05, 3.63) is 59.7 Å². The number of carbonyl (C=O) groups excluding carboxylic acids is 1. The molecule has 1 aliphatic rings. The molecule has 0 bridgehead atoms. The van der Waals surface area contributed by atoms with Crippen LogP contribution in [0.5, 0.6) is 5.75 Å². The predicted molar refractivity (Wildman–Crippen MR) is 141 cm³/mol. The number of hydrogen-bond acceptors (Lipinski definition) is 4. The summed E-state index contributed by atoms with van der Waals surface area (Å²) < 4.78 is 5.74. The van der Waals surface area contributed by atoms with Crippen LogP contribution in [0.1, 0.15) is 18.1 Å². The first-order chi connectivity index (χ1) is 15.1. The van der Waals surface area contributed by atoms with E-state index in [1.165, 1.54) is 5.69 Å². The highest BCUT2D eigenvalue weighted by molar-refractivity contribution is 14.0. The molecule has 3 rings (SSSR count). The summed E-state index contributed by atoms with van der Waals surface area (Å²) >= 11 is 0. The van der Waals surface area contributed by atoms with Gasteiger partial charge in [0, 0.05) is 51.0 Å². The van der Waals surface area contributed by atoms with Gasteiger partial charge in [0.2, 0.25) is 5.91 Å². The SMILES string of the molecule is CCOc1cc(C)ccc1CNC(=NC)NCC(=O)N1CCN(c2ccccc2)CC1.I. The van der Waals surface area contributed by atoms with Gasteiger partial charge in [0.15, 0.2) is 5.96 Å². The Labute approximate surface area is 208 Å². The zero-order valence-corrected chi connectivity index (χ0v) is 21.5. The third-order valence-corrected chi connectivity index (χ3v) is 5.35. The van der Waals surface area contributed by atoms with E-state index in [0.29, 0.717) is 19.1 Å². The van der Waals surface area contributed by atoms with Crippen LogP contribution in [0.25, 0.3) is 0 Å². The number of nitrogens with one attached hydrogen (secondary N) is 2. The largest absolute Gasteiger partial charge is 0.494 e. The van der Waals surface area contributed by atoms with Crippen molar-refractivity contribution in [1.29, 1.82) is 0 Å². The average molecular weight is 551 g/mol. The topological polar surface area (TPSA) is 69.2 Å². The number of aliphatic imine (C=N–C) groups is 1. The fourth-order valence-electron chi connectivity index (χ4n) is 3.62. The minimum atomic E-state index is 0. The van der Waals surface area contributed by atoms with Gasteiger partial charge < -0.3 is 25.2 Å². The van der Waals surface area contributed by atoms with Crippen molar-refractivity contribution in [3.8, 4) is 5.75 Å². The normalized spacial score (nSPS) is 13.9. The zero-order chi connectivity index (χ0) is 22.1. The third kappa shape index (κ3) is 7.29. The maximum atomic E-state index is 12.7. The van der Waals surface area contributed by atoms with E-state index in [4.69, 9.17) is 4.74 Å². The molecule has 1 saturated heterocycles. The molecular formula is C24H34IN5O2. The summed E-state index contributed by atoms with van der Waals surface area (Å²) in [4.78, 5) is 21.1. The average Bonchev–Trinajstić information content (AvgIpc) is 2.81. The Balaban J connectivity index is 0.00000363. The molecule has 2 aromatic rings. The van der Waals surface area contributed by atoms with E-state index >= 15 is 0 Å². The lowest BCUT2D eigenvalue weighted by molar-refractivity contribution is -0.130. The van der Waals surface area contributed by atoms with Gasteiger partial charge in [0.05, 0.1) is 13.2 Å². The number of piperazine rings is 1. The molecule has 0 saturated carbocycles. The standard InChI is InChI=1S/C24H33N5O2.HI/c1-4-31-22-16-19(2)10-11-20(22)17-26-24(25-3)27-18-23(30)29-14-12-28(13-15-29)21-8-6-5-7-9-21;/h5-11,16H,4,12-15,17-18H2,1-3H3,(H2,25,26,27);1H. The molecule has 32 heavy (non-hydrogen) atoms. The van der Waals surface area contributed by atoms with Gasteiger partial charge in [0.1, 0.15) is 5.75 Å². The number of guanidine groups is 1. The van der Waals surface area contributed by atoms with Crippen LogP contribution in [0.2, 0.25) is 0 Å². The Bertz CT molecular complexity index is 883. The minimum absolute atomic E-state index is 0. The number of aryl methyl sites for hydroxylation is 1. The number of hydrogen-bond donors (Lipinski definition) is 2. The summed E-state index contributed by atoms with van der Waals surface area (Å²) in [5, 5.41) is 6.41. The van der Waals surface area contributed by atoms with Gasteiger partial charge in [-0.15, -0.1) is 24.0 Å². The van der Waals surface area contributed by atoms with Gasteiger partial charge in [-0.3, -0.25) is 9.79 Å². The summed E-state index contributed by atoms with van der Waals surface area (Å²) in [5.74, 6) is 1.55. The van der Waals surface area contributed by atoms with Crippen LogP contribution in [-0.4, -0.2) is 63.1 Å². The lowest BCUT2D eigenvalue weighted by atomic mass is 10.1. The van der Waals surface area contributed by atoms with Crippen molar-refractivity contribution in [2.24, 2.45) is 4.99 Å². The van der Waals surface area contributed by atoms with Crippen LogP contribution in [0.4, 0.5) is 5.69 Å². The molecule has 0 spiro atoms. The lowest BCUT2D eigenvalue weighted by Gasteiger charge is -2.36. The van der Waals surface area contributed by atoms with E-state index in [9.17, 15) is 4.79 Å². The fraction of sp³-hybridized carbons (Fsp3) is 0.417. The summed E-state index contributed by atoms with van der Waals surface area (Å²) in [6.45, 7) is 8.57. The van der Waals surface area contributed by atoms with E-state index in [0.717, 1.165) is 43.1 Å². The Morgan fingerprint density at radius 2 is 1.78 bits per heavy atom. The van der Waals surface area contributed by atoms with Gasteiger partial charge in [-0.2, -0.15) is 0 Å². The molecule has 2 aromatic carbocycles. The van der Waals surface area contributed by atoms with Crippen molar-refractivity contribution < 1.29 is 9.53 Å². The van der Waals surface area contributed by atoms with Crippen LogP contribution in [-0.2, 0) is 11.3 Å². The molecule has 174 valence electrons. The molecule has 1 aliphatic heterocycles. The Morgan fingerprint density at radius 1 is 1.06 bits per heavy atom. The summed E-state index contributed by atoms with van der Waals surface area (Å²) in [6, 6.07) is 16.5. The van der Waals surface area contributed by atoms with E-state index < -0.39 is 0 Å². The van der Waals surface area contributed by atoms with Crippen molar-refractivity contribution in [2.75, 3.05) is 51.3 Å². The van der Waals surface area contributed by atoms with Crippen molar-refractivity contribution in [2.45, 2.75) is 20.4 Å². The van der Waals surface area contributed by atoms with Crippen LogP contribution < -0.4 is 20.3 Å². The molecule has 1 heterocycles. The van der Waals surface area contributed by atoms with Crippen molar-refractivity contribution in [1.82, 2.24) is 15.5 Å². The number of anilines is 1. The van der Waals surface area contributed by atoms with Crippen LogP contribution >= 0.6 is 24.0 Å². The number of nitrogens with zero attached hydrogens (tertiary/aromatic N) is 3. The zero-order valence-electron chi connectivity index (χ0n) is 19.1. The molecule has 2 N–H and O–H groups in total.